The zero-order valence-corrected chi connectivity index (χ0v) is 4.22. The fourth-order valence-electron chi connectivity index (χ4n) is 0.465. The van der Waals surface area contributed by atoms with Gasteiger partial charge in [-0.25, -0.2) is 0 Å². The number of nitrogen functional groups attached to an aromatic ring is 1. The van der Waals surface area contributed by atoms with Crippen LogP contribution in [-0.4, -0.2) is 0 Å². The quantitative estimate of drug-likeness (QED) is 0.497. The molecule has 0 aromatic heterocycles. The second-order valence-corrected chi connectivity index (χ2v) is 1.47. The van der Waals surface area contributed by atoms with Crippen LogP contribution in [0.5, 0.6) is 5.75 Å². The van der Waals surface area contributed by atoms with Crippen LogP contribution in [0.2, 0.25) is 0 Å². The number of rotatable bonds is 0. The van der Waals surface area contributed by atoms with Gasteiger partial charge in [-0.15, -0.1) is 0 Å². The van der Waals surface area contributed by atoms with E-state index in [4.69, 9.17) is 5.73 Å². The normalized spacial score (nSPS) is 9.00. The van der Waals surface area contributed by atoms with Gasteiger partial charge in [0.15, 0.2) is 5.75 Å². The molecule has 0 unspecified atom stereocenters. The largest absolute Gasteiger partial charge is 0.398 e. The maximum atomic E-state index is 10.4. The molecule has 0 spiro atoms. The lowest BCUT2D eigenvalue weighted by atomic mass is 10.3. The summed E-state index contributed by atoms with van der Waals surface area (Å²) in [6.07, 6.45) is 0. The fourth-order valence-corrected chi connectivity index (χ4v) is 0.465. The molecule has 1 rings (SSSR count). The van der Waals surface area contributed by atoms with Gasteiger partial charge >= 0.3 is 0 Å². The van der Waals surface area contributed by atoms with E-state index >= 15 is 0 Å². The van der Waals surface area contributed by atoms with Crippen LogP contribution in [-0.2, 0) is 5.11 Å². The number of hydrogen-bond acceptors (Lipinski definition) is 1. The van der Waals surface area contributed by atoms with E-state index in [1.807, 2.05) is 0 Å². The second-order valence-electron chi connectivity index (χ2n) is 1.47. The number of hydrogen-bond donors (Lipinski definition) is 1. The molecule has 0 aliphatic carbocycles. The second kappa shape index (κ2) is 1.74. The lowest BCUT2D eigenvalue weighted by molar-refractivity contribution is 0.354. The van der Waals surface area contributed by atoms with Gasteiger partial charge in [0.2, 0.25) is 0 Å². The van der Waals surface area contributed by atoms with E-state index in [1.165, 1.54) is 6.07 Å². The minimum atomic E-state index is -0.162. The summed E-state index contributed by atoms with van der Waals surface area (Å²) in [5.74, 6) is -0.162. The van der Waals surface area contributed by atoms with Crippen molar-refractivity contribution in [3.05, 3.63) is 24.3 Å². The topological polar surface area (TPSA) is 45.9 Å². The Morgan fingerprint density at radius 3 is 2.62 bits per heavy atom. The first kappa shape index (κ1) is 4.97. The molecule has 0 atom stereocenters. The van der Waals surface area contributed by atoms with Gasteiger partial charge in [-0.3, -0.25) is 5.11 Å². The molecule has 2 heteroatoms. The average molecular weight is 107 g/mol. The van der Waals surface area contributed by atoms with Gasteiger partial charge in [0.05, 0.1) is 6.07 Å². The molecule has 1 aromatic carbocycles. The zero-order valence-electron chi connectivity index (χ0n) is 4.22. The fraction of sp³-hybridized carbons (Fsp3) is 0. The molecule has 0 heterocycles. The first-order valence-corrected chi connectivity index (χ1v) is 2.24. The van der Waals surface area contributed by atoms with Gasteiger partial charge in [-0.1, -0.05) is 6.07 Å². The highest BCUT2D eigenvalue weighted by Gasteiger charge is 1.87. The summed E-state index contributed by atoms with van der Waals surface area (Å²) >= 11 is 0. The Hall–Kier alpha value is -1.18. The van der Waals surface area contributed by atoms with Crippen LogP contribution in [0.15, 0.2) is 18.2 Å². The summed E-state index contributed by atoms with van der Waals surface area (Å²) in [5, 5.41) is 10.4. The first-order valence-electron chi connectivity index (χ1n) is 2.24. The lowest BCUT2D eigenvalue weighted by Crippen LogP contribution is -1.80. The summed E-state index contributed by atoms with van der Waals surface area (Å²) in [5.41, 5.74) is 5.60. The highest BCUT2D eigenvalue weighted by molar-refractivity contribution is 5.40. The molecule has 0 fully saturated rings. The molecular formula is C6H5NO. The lowest BCUT2D eigenvalue weighted by Gasteiger charge is -1.86. The van der Waals surface area contributed by atoms with Crippen molar-refractivity contribution in [2.45, 2.75) is 0 Å². The van der Waals surface area contributed by atoms with Crippen molar-refractivity contribution in [2.75, 3.05) is 5.73 Å². The first-order chi connectivity index (χ1) is 3.79. The minimum absolute atomic E-state index is 0.162. The number of benzene rings is 1. The number of nitrogens with two attached hydrogens (primary N) is 1. The highest BCUT2D eigenvalue weighted by atomic mass is 16.3. The van der Waals surface area contributed by atoms with E-state index in [0.29, 0.717) is 5.69 Å². The Bertz CT molecular complexity index is 168. The van der Waals surface area contributed by atoms with E-state index in [-0.39, 0.29) is 5.75 Å². The van der Waals surface area contributed by atoms with Crippen LogP contribution in [0, 0.1) is 6.07 Å². The Morgan fingerprint density at radius 1 is 1.50 bits per heavy atom. The Kier molecular flexibility index (Phi) is 1.08. The van der Waals surface area contributed by atoms with Crippen LogP contribution in [0.1, 0.15) is 0 Å². The molecule has 0 bridgehead atoms. The standard InChI is InChI=1S/C6H5NO/c7-5-2-1-3-6(8)4-5/h1-3H,7H2. The van der Waals surface area contributed by atoms with E-state index in [0.717, 1.165) is 0 Å². The van der Waals surface area contributed by atoms with Gasteiger partial charge in [0.25, 0.3) is 0 Å². The maximum Gasteiger partial charge on any atom is 0.188 e. The third-order valence-corrected chi connectivity index (χ3v) is 0.791. The van der Waals surface area contributed by atoms with Gasteiger partial charge in [-0.05, 0) is 12.1 Å². The monoisotopic (exact) mass is 107 g/mol. The summed E-state index contributed by atoms with van der Waals surface area (Å²) in [6, 6.07) is 7.04. The Balaban J connectivity index is 3.08. The molecule has 1 aromatic rings. The molecule has 2 N–H and O–H groups in total. The SMILES string of the molecule is Nc1[c]c([O])ccc1. The van der Waals surface area contributed by atoms with Crippen LogP contribution < -0.4 is 5.73 Å². The van der Waals surface area contributed by atoms with Crippen LogP contribution in [0.25, 0.3) is 0 Å². The van der Waals surface area contributed by atoms with E-state index in [1.54, 1.807) is 12.1 Å². The van der Waals surface area contributed by atoms with Gasteiger partial charge in [-0.2, -0.15) is 0 Å². The van der Waals surface area contributed by atoms with Gasteiger partial charge in [0.1, 0.15) is 0 Å². The molecule has 0 saturated carbocycles. The molecule has 2 radical (unpaired) electrons. The third kappa shape index (κ3) is 0.904. The van der Waals surface area contributed by atoms with Crippen LogP contribution in [0.3, 0.4) is 0 Å². The van der Waals surface area contributed by atoms with E-state index in [9.17, 15) is 5.11 Å². The van der Waals surface area contributed by atoms with Crippen molar-refractivity contribution in [3.8, 4) is 5.75 Å². The van der Waals surface area contributed by atoms with Gasteiger partial charge < -0.3 is 5.73 Å². The highest BCUT2D eigenvalue weighted by Crippen LogP contribution is 2.10. The van der Waals surface area contributed by atoms with Crippen LogP contribution >= 0.6 is 0 Å². The van der Waals surface area contributed by atoms with Crippen molar-refractivity contribution in [3.63, 3.8) is 0 Å². The molecule has 0 aliphatic rings. The summed E-state index contributed by atoms with van der Waals surface area (Å²) < 4.78 is 0. The minimum Gasteiger partial charge on any atom is -0.398 e. The summed E-state index contributed by atoms with van der Waals surface area (Å²) in [4.78, 5) is 0. The third-order valence-electron chi connectivity index (χ3n) is 0.791. The Morgan fingerprint density at radius 2 is 2.25 bits per heavy atom. The molecule has 8 heavy (non-hydrogen) atoms. The van der Waals surface area contributed by atoms with Crippen molar-refractivity contribution < 1.29 is 5.11 Å². The average Bonchev–Trinajstić information content (AvgIpc) is 1.64. The smallest absolute Gasteiger partial charge is 0.188 e. The van der Waals surface area contributed by atoms with Crippen molar-refractivity contribution in [1.82, 2.24) is 0 Å². The van der Waals surface area contributed by atoms with Crippen molar-refractivity contribution in [1.29, 1.82) is 0 Å². The molecular weight excluding hydrogens is 102 g/mol. The molecule has 2 nitrogen and oxygen atoms in total. The maximum absolute atomic E-state index is 10.4. The molecule has 0 aliphatic heterocycles. The van der Waals surface area contributed by atoms with Crippen LogP contribution in [0.4, 0.5) is 5.69 Å². The molecule has 0 amide bonds. The summed E-state index contributed by atoms with van der Waals surface area (Å²) in [7, 11) is 0. The van der Waals surface area contributed by atoms with Crippen molar-refractivity contribution >= 4 is 5.69 Å². The Labute approximate surface area is 47.6 Å². The van der Waals surface area contributed by atoms with Crippen molar-refractivity contribution in [2.24, 2.45) is 0 Å². The molecule has 40 valence electrons. The predicted octanol–water partition coefficient (Wildman–Crippen LogP) is 1.21. The summed E-state index contributed by atoms with van der Waals surface area (Å²) in [6.45, 7) is 0. The van der Waals surface area contributed by atoms with E-state index in [2.05, 4.69) is 6.07 Å². The van der Waals surface area contributed by atoms with Gasteiger partial charge in [0, 0.05) is 5.69 Å². The zero-order chi connectivity index (χ0) is 5.98. The number of anilines is 1. The molecule has 0 saturated heterocycles. The van der Waals surface area contributed by atoms with E-state index < -0.39 is 0 Å². The predicted molar refractivity (Wildman–Crippen MR) is 29.8 cm³/mol.